The van der Waals surface area contributed by atoms with Gasteiger partial charge >= 0.3 is 0 Å². The van der Waals surface area contributed by atoms with E-state index >= 15 is 0 Å². The molecule has 0 aliphatic heterocycles. The van der Waals surface area contributed by atoms with Gasteiger partial charge in [-0.15, -0.1) is 0 Å². The van der Waals surface area contributed by atoms with E-state index in [1.54, 1.807) is 0 Å². The zero-order chi connectivity index (χ0) is 10.8. The molecule has 1 aromatic carbocycles. The van der Waals surface area contributed by atoms with Crippen molar-refractivity contribution in [2.75, 3.05) is 0 Å². The SMILES string of the molecule is Cc1cccc(C)c1-c1nc(CBr)no1. The molecular formula is C11H11BrN2O. The van der Waals surface area contributed by atoms with Crippen LogP contribution in [-0.2, 0) is 5.33 Å². The Hall–Kier alpha value is -1.16. The molecule has 15 heavy (non-hydrogen) atoms. The number of aromatic nitrogens is 2. The first-order chi connectivity index (χ1) is 7.22. The number of aryl methyl sites for hydroxylation is 2. The number of benzene rings is 1. The second-order valence-electron chi connectivity index (χ2n) is 3.42. The van der Waals surface area contributed by atoms with Crippen molar-refractivity contribution in [1.82, 2.24) is 10.1 Å². The molecule has 0 aliphatic carbocycles. The lowest BCUT2D eigenvalue weighted by Crippen LogP contribution is -1.88. The minimum absolute atomic E-state index is 0.597. The monoisotopic (exact) mass is 266 g/mol. The molecule has 0 spiro atoms. The standard InChI is InChI=1S/C11H11BrN2O/c1-7-4-3-5-8(2)10(7)11-13-9(6-12)14-15-11/h3-5H,6H2,1-2H3. The van der Waals surface area contributed by atoms with Crippen molar-refractivity contribution in [2.24, 2.45) is 0 Å². The predicted octanol–water partition coefficient (Wildman–Crippen LogP) is 3.25. The van der Waals surface area contributed by atoms with Gasteiger partial charge < -0.3 is 4.52 Å². The van der Waals surface area contributed by atoms with Crippen LogP contribution in [-0.4, -0.2) is 10.1 Å². The van der Waals surface area contributed by atoms with E-state index in [4.69, 9.17) is 4.52 Å². The molecule has 0 N–H and O–H groups in total. The molecule has 0 fully saturated rings. The lowest BCUT2D eigenvalue weighted by molar-refractivity contribution is 0.425. The molecular weight excluding hydrogens is 256 g/mol. The summed E-state index contributed by atoms with van der Waals surface area (Å²) in [5.41, 5.74) is 3.34. The highest BCUT2D eigenvalue weighted by molar-refractivity contribution is 9.08. The normalized spacial score (nSPS) is 10.6. The lowest BCUT2D eigenvalue weighted by atomic mass is 10.0. The second kappa shape index (κ2) is 4.14. The van der Waals surface area contributed by atoms with Gasteiger partial charge in [0.2, 0.25) is 0 Å². The Bertz CT molecular complexity index is 459. The average molecular weight is 267 g/mol. The molecule has 0 bridgehead atoms. The summed E-state index contributed by atoms with van der Waals surface area (Å²) in [5.74, 6) is 1.27. The first-order valence-corrected chi connectivity index (χ1v) is 5.79. The number of hydrogen-bond acceptors (Lipinski definition) is 3. The molecule has 78 valence electrons. The zero-order valence-corrected chi connectivity index (χ0v) is 10.2. The molecule has 4 heteroatoms. The topological polar surface area (TPSA) is 38.9 Å². The number of rotatable bonds is 2. The maximum atomic E-state index is 5.21. The van der Waals surface area contributed by atoms with Crippen LogP contribution in [0.25, 0.3) is 11.5 Å². The van der Waals surface area contributed by atoms with Gasteiger partial charge in [0.15, 0.2) is 5.82 Å². The Kier molecular flexibility index (Phi) is 2.86. The van der Waals surface area contributed by atoms with Gasteiger partial charge in [-0.1, -0.05) is 39.3 Å². The number of nitrogens with zero attached hydrogens (tertiary/aromatic N) is 2. The molecule has 0 aliphatic rings. The van der Waals surface area contributed by atoms with Crippen LogP contribution < -0.4 is 0 Å². The van der Waals surface area contributed by atoms with E-state index in [-0.39, 0.29) is 0 Å². The van der Waals surface area contributed by atoms with E-state index in [1.165, 1.54) is 0 Å². The molecule has 0 atom stereocenters. The van der Waals surface area contributed by atoms with E-state index < -0.39 is 0 Å². The van der Waals surface area contributed by atoms with Crippen LogP contribution in [0.2, 0.25) is 0 Å². The molecule has 3 nitrogen and oxygen atoms in total. The third-order valence-electron chi connectivity index (χ3n) is 2.28. The highest BCUT2D eigenvalue weighted by atomic mass is 79.9. The van der Waals surface area contributed by atoms with Crippen molar-refractivity contribution in [3.8, 4) is 11.5 Å². The van der Waals surface area contributed by atoms with Crippen molar-refractivity contribution in [3.63, 3.8) is 0 Å². The molecule has 2 rings (SSSR count). The molecule has 0 radical (unpaired) electrons. The van der Waals surface area contributed by atoms with Crippen molar-refractivity contribution in [2.45, 2.75) is 19.2 Å². The quantitative estimate of drug-likeness (QED) is 0.784. The van der Waals surface area contributed by atoms with Crippen LogP contribution in [0.1, 0.15) is 17.0 Å². The Balaban J connectivity index is 2.53. The predicted molar refractivity (Wildman–Crippen MR) is 61.8 cm³/mol. The van der Waals surface area contributed by atoms with E-state index in [0.29, 0.717) is 17.0 Å². The summed E-state index contributed by atoms with van der Waals surface area (Å²) in [7, 11) is 0. The summed E-state index contributed by atoms with van der Waals surface area (Å²) >= 11 is 3.30. The minimum atomic E-state index is 0.597. The minimum Gasteiger partial charge on any atom is -0.334 e. The van der Waals surface area contributed by atoms with E-state index in [0.717, 1.165) is 16.7 Å². The van der Waals surface area contributed by atoms with Gasteiger partial charge in [0.1, 0.15) is 0 Å². The van der Waals surface area contributed by atoms with Crippen LogP contribution in [0.4, 0.5) is 0 Å². The fourth-order valence-corrected chi connectivity index (χ4v) is 1.79. The summed E-state index contributed by atoms with van der Waals surface area (Å²) in [5, 5.41) is 4.47. The summed E-state index contributed by atoms with van der Waals surface area (Å²) in [4.78, 5) is 4.30. The van der Waals surface area contributed by atoms with Crippen LogP contribution in [0.5, 0.6) is 0 Å². The third-order valence-corrected chi connectivity index (χ3v) is 2.78. The Morgan fingerprint density at radius 1 is 1.27 bits per heavy atom. The number of hydrogen-bond donors (Lipinski definition) is 0. The van der Waals surface area contributed by atoms with Gasteiger partial charge in [-0.05, 0) is 25.0 Å². The van der Waals surface area contributed by atoms with Crippen LogP contribution in [0.15, 0.2) is 22.7 Å². The average Bonchev–Trinajstić information content (AvgIpc) is 2.66. The Morgan fingerprint density at radius 3 is 2.47 bits per heavy atom. The first-order valence-electron chi connectivity index (χ1n) is 4.67. The van der Waals surface area contributed by atoms with Crippen LogP contribution >= 0.6 is 15.9 Å². The van der Waals surface area contributed by atoms with Crippen molar-refractivity contribution >= 4 is 15.9 Å². The van der Waals surface area contributed by atoms with Gasteiger partial charge in [0.05, 0.1) is 5.33 Å². The molecule has 0 saturated heterocycles. The van der Waals surface area contributed by atoms with Gasteiger partial charge in [0.25, 0.3) is 5.89 Å². The zero-order valence-electron chi connectivity index (χ0n) is 8.62. The summed E-state index contributed by atoms with van der Waals surface area (Å²) in [6.45, 7) is 4.08. The first kappa shape index (κ1) is 10.4. The summed E-state index contributed by atoms with van der Waals surface area (Å²) in [6.07, 6.45) is 0. The molecule has 1 heterocycles. The molecule has 2 aromatic rings. The van der Waals surface area contributed by atoms with Gasteiger partial charge in [-0.2, -0.15) is 4.98 Å². The van der Waals surface area contributed by atoms with E-state index in [1.807, 2.05) is 32.0 Å². The fraction of sp³-hybridized carbons (Fsp3) is 0.273. The van der Waals surface area contributed by atoms with E-state index in [2.05, 4.69) is 26.1 Å². The highest BCUT2D eigenvalue weighted by Gasteiger charge is 2.12. The van der Waals surface area contributed by atoms with Crippen LogP contribution in [0, 0.1) is 13.8 Å². The van der Waals surface area contributed by atoms with Gasteiger partial charge in [0, 0.05) is 5.56 Å². The third kappa shape index (κ3) is 1.95. The maximum absolute atomic E-state index is 5.21. The molecule has 0 unspecified atom stereocenters. The Labute approximate surface area is 96.6 Å². The summed E-state index contributed by atoms with van der Waals surface area (Å²) < 4.78 is 5.21. The maximum Gasteiger partial charge on any atom is 0.258 e. The molecule has 0 saturated carbocycles. The van der Waals surface area contributed by atoms with Crippen LogP contribution in [0.3, 0.4) is 0 Å². The van der Waals surface area contributed by atoms with Gasteiger partial charge in [-0.3, -0.25) is 0 Å². The smallest absolute Gasteiger partial charge is 0.258 e. The lowest BCUT2D eigenvalue weighted by Gasteiger charge is -2.03. The van der Waals surface area contributed by atoms with Crippen molar-refractivity contribution in [3.05, 3.63) is 35.2 Å². The van der Waals surface area contributed by atoms with Crippen molar-refractivity contribution in [1.29, 1.82) is 0 Å². The van der Waals surface area contributed by atoms with Crippen molar-refractivity contribution < 1.29 is 4.52 Å². The largest absolute Gasteiger partial charge is 0.334 e. The van der Waals surface area contributed by atoms with Gasteiger partial charge in [-0.25, -0.2) is 0 Å². The van der Waals surface area contributed by atoms with E-state index in [9.17, 15) is 0 Å². The molecule has 0 amide bonds. The number of halogens is 1. The fourth-order valence-electron chi connectivity index (χ4n) is 1.56. The second-order valence-corrected chi connectivity index (χ2v) is 3.98. The summed E-state index contributed by atoms with van der Waals surface area (Å²) in [6, 6.07) is 6.11. The number of alkyl halides is 1. The molecule has 1 aromatic heterocycles. The highest BCUT2D eigenvalue weighted by Crippen LogP contribution is 2.25. The Morgan fingerprint density at radius 2 is 1.93 bits per heavy atom.